The first-order chi connectivity index (χ1) is 8.11. The van der Waals surface area contributed by atoms with Crippen LogP contribution in [0.4, 0.5) is 5.13 Å². The number of nitrogens with two attached hydrogens (primary N) is 1. The number of hydrogen-bond acceptors (Lipinski definition) is 7. The van der Waals surface area contributed by atoms with Gasteiger partial charge in [-0.1, -0.05) is 25.2 Å². The summed E-state index contributed by atoms with van der Waals surface area (Å²) in [6, 6.07) is 0. The van der Waals surface area contributed by atoms with Crippen LogP contribution in [-0.2, 0) is 11.3 Å². The Kier molecular flexibility index (Phi) is 3.70. The van der Waals surface area contributed by atoms with Gasteiger partial charge in [-0.05, 0) is 0 Å². The van der Waals surface area contributed by atoms with Crippen LogP contribution in [-0.4, -0.2) is 22.3 Å². The van der Waals surface area contributed by atoms with E-state index in [0.29, 0.717) is 17.7 Å². The first-order valence-corrected chi connectivity index (χ1v) is 6.83. The molecule has 0 atom stereocenters. The molecule has 0 unspecified atom stereocenters. The predicted molar refractivity (Wildman–Crippen MR) is 70.2 cm³/mol. The normalized spacial score (nSPS) is 11.3. The Hall–Kier alpha value is -1.05. The van der Waals surface area contributed by atoms with E-state index in [4.69, 9.17) is 10.5 Å². The number of hydrogen-bond donors (Lipinski definition) is 1. The van der Waals surface area contributed by atoms with Crippen molar-refractivity contribution in [3.63, 3.8) is 0 Å². The van der Waals surface area contributed by atoms with Gasteiger partial charge in [-0.25, -0.2) is 4.98 Å². The molecule has 7 heteroatoms. The summed E-state index contributed by atoms with van der Waals surface area (Å²) < 4.78 is 5.16. The van der Waals surface area contributed by atoms with Crippen LogP contribution in [0.25, 0.3) is 9.88 Å². The van der Waals surface area contributed by atoms with Crippen molar-refractivity contribution in [2.24, 2.45) is 0 Å². The maximum Gasteiger partial charge on any atom is 0.203 e. The van der Waals surface area contributed by atoms with Crippen LogP contribution in [0, 0.1) is 0 Å². The van der Waals surface area contributed by atoms with Gasteiger partial charge in [0, 0.05) is 13.0 Å². The molecule has 0 radical (unpaired) electrons. The van der Waals surface area contributed by atoms with Gasteiger partial charge in [-0.15, -0.1) is 21.5 Å². The molecule has 2 aromatic rings. The molecule has 0 amide bonds. The number of nitrogen functional groups attached to an aromatic ring is 1. The molecule has 2 heterocycles. The van der Waals surface area contributed by atoms with Gasteiger partial charge < -0.3 is 10.5 Å². The van der Waals surface area contributed by atoms with E-state index in [9.17, 15) is 0 Å². The average molecular weight is 270 g/mol. The molecule has 92 valence electrons. The molecule has 5 nitrogen and oxygen atoms in total. The zero-order chi connectivity index (χ0) is 12.4. The van der Waals surface area contributed by atoms with Crippen LogP contribution in [0.5, 0.6) is 0 Å². The van der Waals surface area contributed by atoms with Crippen molar-refractivity contribution in [1.29, 1.82) is 0 Å². The lowest BCUT2D eigenvalue weighted by atomic mass is 10.2. The van der Waals surface area contributed by atoms with Crippen LogP contribution in [0.1, 0.15) is 30.5 Å². The molecule has 2 aromatic heterocycles. The van der Waals surface area contributed by atoms with Crippen molar-refractivity contribution in [2.45, 2.75) is 26.4 Å². The fraction of sp³-hybridized carbons (Fsp3) is 0.500. The summed E-state index contributed by atoms with van der Waals surface area (Å²) in [4.78, 5) is 5.59. The lowest BCUT2D eigenvalue weighted by molar-refractivity contribution is 0.182. The van der Waals surface area contributed by atoms with Crippen molar-refractivity contribution in [3.05, 3.63) is 10.7 Å². The minimum Gasteiger partial charge on any atom is -0.378 e. The van der Waals surface area contributed by atoms with E-state index in [1.54, 1.807) is 18.4 Å². The molecule has 17 heavy (non-hydrogen) atoms. The lowest BCUT2D eigenvalue weighted by Crippen LogP contribution is -1.92. The summed E-state index contributed by atoms with van der Waals surface area (Å²) in [5.41, 5.74) is 6.52. The zero-order valence-electron chi connectivity index (χ0n) is 9.93. The topological polar surface area (TPSA) is 73.9 Å². The third-order valence-electron chi connectivity index (χ3n) is 2.12. The smallest absolute Gasteiger partial charge is 0.203 e. The van der Waals surface area contributed by atoms with E-state index < -0.39 is 0 Å². The first-order valence-electron chi connectivity index (χ1n) is 5.19. The molecule has 0 spiro atoms. The Labute approximate surface area is 108 Å². The van der Waals surface area contributed by atoms with Crippen molar-refractivity contribution in [1.82, 2.24) is 15.2 Å². The summed E-state index contributed by atoms with van der Waals surface area (Å²) in [6.45, 7) is 4.72. The number of anilines is 1. The number of aromatic nitrogens is 3. The summed E-state index contributed by atoms with van der Waals surface area (Å²) in [5, 5.41) is 10.3. The van der Waals surface area contributed by atoms with E-state index >= 15 is 0 Å². The predicted octanol–water partition coefficient (Wildman–Crippen LogP) is 2.51. The van der Waals surface area contributed by atoms with Crippen molar-refractivity contribution >= 4 is 27.8 Å². The number of thiazole rings is 1. The van der Waals surface area contributed by atoms with E-state index in [1.165, 1.54) is 11.3 Å². The Morgan fingerprint density at radius 2 is 2.06 bits per heavy atom. The van der Waals surface area contributed by atoms with Gasteiger partial charge in [0.2, 0.25) is 5.13 Å². The first kappa shape index (κ1) is 12.4. The highest BCUT2D eigenvalue weighted by atomic mass is 32.1. The Morgan fingerprint density at radius 3 is 2.59 bits per heavy atom. The molecule has 2 N–H and O–H groups in total. The fourth-order valence-electron chi connectivity index (χ4n) is 1.34. The molecule has 0 aliphatic carbocycles. The Morgan fingerprint density at radius 1 is 1.29 bits per heavy atom. The molecule has 2 rings (SSSR count). The highest BCUT2D eigenvalue weighted by Crippen LogP contribution is 2.35. The molecule has 0 aromatic carbocycles. The SMILES string of the molecule is COCc1nc(C(C)C)sc1-c1nnc(N)s1. The van der Waals surface area contributed by atoms with Crippen LogP contribution in [0.3, 0.4) is 0 Å². The monoisotopic (exact) mass is 270 g/mol. The largest absolute Gasteiger partial charge is 0.378 e. The third-order valence-corrected chi connectivity index (χ3v) is 4.43. The quantitative estimate of drug-likeness (QED) is 0.924. The van der Waals surface area contributed by atoms with Gasteiger partial charge in [0.1, 0.15) is 0 Å². The molecule has 0 aliphatic rings. The van der Waals surface area contributed by atoms with Crippen molar-refractivity contribution < 1.29 is 4.74 Å². The van der Waals surface area contributed by atoms with Crippen LogP contribution in [0.15, 0.2) is 0 Å². The highest BCUT2D eigenvalue weighted by molar-refractivity contribution is 7.23. The minimum atomic E-state index is 0.398. The summed E-state index contributed by atoms with van der Waals surface area (Å²) in [7, 11) is 1.66. The van der Waals surface area contributed by atoms with Crippen LogP contribution < -0.4 is 5.73 Å². The molecular formula is C10H14N4OS2. The second kappa shape index (κ2) is 5.07. The van der Waals surface area contributed by atoms with Gasteiger partial charge >= 0.3 is 0 Å². The highest BCUT2D eigenvalue weighted by Gasteiger charge is 2.17. The van der Waals surface area contributed by atoms with E-state index in [1.807, 2.05) is 0 Å². The summed E-state index contributed by atoms with van der Waals surface area (Å²) >= 11 is 3.01. The number of methoxy groups -OCH3 is 1. The molecule has 0 bridgehead atoms. The van der Waals surface area contributed by atoms with Crippen molar-refractivity contribution in [3.8, 4) is 9.88 Å². The standard InChI is InChI=1S/C10H14N4OS2/c1-5(2)8-12-6(4-15-3)7(16-8)9-13-14-10(11)17-9/h5H,4H2,1-3H3,(H2,11,14). The average Bonchev–Trinajstić information content (AvgIpc) is 2.85. The van der Waals surface area contributed by atoms with Crippen molar-refractivity contribution in [2.75, 3.05) is 12.8 Å². The van der Waals surface area contributed by atoms with E-state index in [-0.39, 0.29) is 0 Å². The molecule has 0 saturated heterocycles. The second-order valence-electron chi connectivity index (χ2n) is 3.86. The van der Waals surface area contributed by atoms with Gasteiger partial charge in [-0.2, -0.15) is 0 Å². The maximum absolute atomic E-state index is 5.60. The summed E-state index contributed by atoms with van der Waals surface area (Å²) in [5.74, 6) is 0.398. The minimum absolute atomic E-state index is 0.398. The van der Waals surface area contributed by atoms with Crippen LogP contribution >= 0.6 is 22.7 Å². The number of ether oxygens (including phenoxy) is 1. The fourth-order valence-corrected chi connectivity index (χ4v) is 3.12. The van der Waals surface area contributed by atoms with E-state index in [0.717, 1.165) is 20.6 Å². The van der Waals surface area contributed by atoms with Crippen LogP contribution in [0.2, 0.25) is 0 Å². The van der Waals surface area contributed by atoms with Gasteiger partial charge in [0.05, 0.1) is 22.2 Å². The lowest BCUT2D eigenvalue weighted by Gasteiger charge is -1.96. The Bertz CT molecular complexity index is 506. The number of rotatable bonds is 4. The van der Waals surface area contributed by atoms with Gasteiger partial charge in [-0.3, -0.25) is 0 Å². The molecule has 0 fully saturated rings. The number of nitrogens with zero attached hydrogens (tertiary/aromatic N) is 3. The van der Waals surface area contributed by atoms with Gasteiger partial charge in [0.25, 0.3) is 0 Å². The maximum atomic E-state index is 5.60. The molecule has 0 aliphatic heterocycles. The van der Waals surface area contributed by atoms with Gasteiger partial charge in [0.15, 0.2) is 5.01 Å². The van der Waals surface area contributed by atoms with E-state index in [2.05, 4.69) is 29.0 Å². The molecule has 0 saturated carbocycles. The third kappa shape index (κ3) is 2.62. The summed E-state index contributed by atoms with van der Waals surface area (Å²) in [6.07, 6.45) is 0. The molecular weight excluding hydrogens is 256 g/mol. The Balaban J connectivity index is 2.43. The zero-order valence-corrected chi connectivity index (χ0v) is 11.6. The second-order valence-corrected chi connectivity index (χ2v) is 5.90.